The molecule has 27 heavy (non-hydrogen) atoms. The molecule has 2 heterocycles. The predicted molar refractivity (Wildman–Crippen MR) is 114 cm³/mol. The number of carbonyl (C=O) groups excluding carboxylic acids is 1. The lowest BCUT2D eigenvalue weighted by Gasteiger charge is -2.04. The summed E-state index contributed by atoms with van der Waals surface area (Å²) in [5, 5.41) is 4.67. The third-order valence-electron chi connectivity index (χ3n) is 5.17. The van der Waals surface area contributed by atoms with Gasteiger partial charge >= 0.3 is 0 Å². The fourth-order valence-corrected chi connectivity index (χ4v) is 4.13. The van der Waals surface area contributed by atoms with Crippen LogP contribution < -0.4 is 5.32 Å². The maximum absolute atomic E-state index is 12.5. The topological polar surface area (TPSA) is 46.4 Å². The number of hydrogen-bond donors (Lipinski definition) is 1. The van der Waals surface area contributed by atoms with E-state index in [-0.39, 0.29) is 5.91 Å². The molecule has 1 amide bonds. The number of para-hydroxylation sites is 1. The number of carbonyl (C=O) groups is 1. The minimum atomic E-state index is -0.101. The lowest BCUT2D eigenvalue weighted by molar-refractivity contribution is -0.115. The molecule has 1 aliphatic rings. The number of aromatic nitrogens is 1. The van der Waals surface area contributed by atoms with Crippen LogP contribution in [0.3, 0.4) is 0 Å². The van der Waals surface area contributed by atoms with Gasteiger partial charge in [-0.25, -0.2) is 4.99 Å². The summed E-state index contributed by atoms with van der Waals surface area (Å²) in [5.74, 6) is -0.101. The Balaban J connectivity index is 1.73. The summed E-state index contributed by atoms with van der Waals surface area (Å²) in [6.07, 6.45) is 1.98. The lowest BCUT2D eigenvalue weighted by atomic mass is 10.1. The molecule has 0 saturated carbocycles. The quantitative estimate of drug-likeness (QED) is 0.641. The lowest BCUT2D eigenvalue weighted by Crippen LogP contribution is -2.19. The smallest absolute Gasteiger partial charge is 0.264 e. The summed E-state index contributed by atoms with van der Waals surface area (Å²) in [6.45, 7) is 6.19. The van der Waals surface area contributed by atoms with Crippen molar-refractivity contribution in [3.63, 3.8) is 0 Å². The first-order chi connectivity index (χ1) is 13.0. The third kappa shape index (κ3) is 3.08. The van der Waals surface area contributed by atoms with Crippen molar-refractivity contribution < 1.29 is 4.79 Å². The van der Waals surface area contributed by atoms with E-state index in [0.29, 0.717) is 10.1 Å². The Morgan fingerprint density at radius 1 is 1.07 bits per heavy atom. The Morgan fingerprint density at radius 2 is 1.85 bits per heavy atom. The minimum Gasteiger partial charge on any atom is -0.347 e. The molecule has 0 spiro atoms. The highest BCUT2D eigenvalue weighted by molar-refractivity contribution is 8.18. The van der Waals surface area contributed by atoms with Gasteiger partial charge in [0.25, 0.3) is 5.91 Å². The highest BCUT2D eigenvalue weighted by Crippen LogP contribution is 2.33. The van der Waals surface area contributed by atoms with Crippen molar-refractivity contribution in [2.75, 3.05) is 0 Å². The van der Waals surface area contributed by atoms with Gasteiger partial charge in [-0.15, -0.1) is 0 Å². The molecule has 0 aliphatic carbocycles. The summed E-state index contributed by atoms with van der Waals surface area (Å²) >= 11 is 1.39. The number of amidine groups is 1. The molecule has 0 atom stereocenters. The number of fused-ring (bicyclic) bond motifs is 1. The van der Waals surface area contributed by atoms with Crippen molar-refractivity contribution in [1.82, 2.24) is 9.88 Å². The standard InChI is InChI=1S/C22H21N3OS/c1-13-8-7-10-18(14(13)2)23-22-24-21(26)20(27-22)12-17-15(3)25(4)19-11-6-5-9-16(17)19/h5-12H,1-4H3,(H,23,24,26)/b20-12+. The van der Waals surface area contributed by atoms with Crippen LogP contribution in [0.5, 0.6) is 0 Å². The molecule has 1 saturated heterocycles. The number of aliphatic imine (C=N–C) groups is 1. The molecule has 5 heteroatoms. The average Bonchev–Trinajstić information content (AvgIpc) is 3.12. The maximum atomic E-state index is 12.5. The Morgan fingerprint density at radius 3 is 2.67 bits per heavy atom. The molecule has 1 aromatic heterocycles. The van der Waals surface area contributed by atoms with Crippen molar-refractivity contribution in [1.29, 1.82) is 0 Å². The molecule has 4 nitrogen and oxygen atoms in total. The van der Waals surface area contributed by atoms with E-state index in [1.165, 1.54) is 17.3 Å². The van der Waals surface area contributed by atoms with Crippen LogP contribution in [-0.2, 0) is 11.8 Å². The van der Waals surface area contributed by atoms with E-state index in [1.807, 2.05) is 37.3 Å². The van der Waals surface area contributed by atoms with E-state index >= 15 is 0 Å². The second-order valence-electron chi connectivity index (χ2n) is 6.78. The van der Waals surface area contributed by atoms with Gasteiger partial charge in [0.1, 0.15) is 0 Å². The van der Waals surface area contributed by atoms with Crippen LogP contribution in [0.1, 0.15) is 22.4 Å². The van der Waals surface area contributed by atoms with Gasteiger partial charge in [0.05, 0.1) is 10.6 Å². The van der Waals surface area contributed by atoms with Gasteiger partial charge in [0.2, 0.25) is 0 Å². The number of hydrogen-bond acceptors (Lipinski definition) is 3. The zero-order valence-corrected chi connectivity index (χ0v) is 16.6. The summed E-state index contributed by atoms with van der Waals surface area (Å²) in [4.78, 5) is 17.8. The fourth-order valence-electron chi connectivity index (χ4n) is 3.31. The zero-order valence-electron chi connectivity index (χ0n) is 15.8. The Hall–Kier alpha value is -2.79. The Bertz CT molecular complexity index is 1140. The average molecular weight is 375 g/mol. The van der Waals surface area contributed by atoms with Crippen LogP contribution in [0, 0.1) is 20.8 Å². The van der Waals surface area contributed by atoms with Gasteiger partial charge in [-0.1, -0.05) is 30.3 Å². The zero-order chi connectivity index (χ0) is 19.1. The molecule has 1 fully saturated rings. The number of thioether (sulfide) groups is 1. The normalized spacial score (nSPS) is 17.3. The molecule has 0 bridgehead atoms. The van der Waals surface area contributed by atoms with Crippen molar-refractivity contribution in [3.05, 3.63) is 69.8 Å². The van der Waals surface area contributed by atoms with Crippen molar-refractivity contribution >= 4 is 45.5 Å². The number of amides is 1. The number of aryl methyl sites for hydroxylation is 2. The van der Waals surface area contributed by atoms with Gasteiger partial charge in [-0.3, -0.25) is 4.79 Å². The highest BCUT2D eigenvalue weighted by atomic mass is 32.2. The SMILES string of the molecule is Cc1cccc(N=C2NC(=O)/C(=C\c3c(C)n(C)c4ccccc34)S2)c1C. The minimum absolute atomic E-state index is 0.101. The maximum Gasteiger partial charge on any atom is 0.264 e. The van der Waals surface area contributed by atoms with Crippen LogP contribution in [0.2, 0.25) is 0 Å². The third-order valence-corrected chi connectivity index (χ3v) is 6.08. The second-order valence-corrected chi connectivity index (χ2v) is 7.81. The first kappa shape index (κ1) is 17.6. The highest BCUT2D eigenvalue weighted by Gasteiger charge is 2.25. The monoisotopic (exact) mass is 375 g/mol. The Labute approximate surface area is 163 Å². The number of rotatable bonds is 2. The van der Waals surface area contributed by atoms with E-state index in [9.17, 15) is 4.79 Å². The number of benzene rings is 2. The van der Waals surface area contributed by atoms with E-state index in [4.69, 9.17) is 0 Å². The number of nitrogens with zero attached hydrogens (tertiary/aromatic N) is 2. The molecule has 1 N–H and O–H groups in total. The van der Waals surface area contributed by atoms with Crippen LogP contribution in [0.4, 0.5) is 5.69 Å². The van der Waals surface area contributed by atoms with Gasteiger partial charge in [-0.05, 0) is 61.9 Å². The van der Waals surface area contributed by atoms with E-state index in [2.05, 4.69) is 54.0 Å². The van der Waals surface area contributed by atoms with E-state index in [1.54, 1.807) is 0 Å². The van der Waals surface area contributed by atoms with Crippen molar-refractivity contribution in [2.24, 2.45) is 12.0 Å². The second kappa shape index (κ2) is 6.74. The summed E-state index contributed by atoms with van der Waals surface area (Å²) in [6, 6.07) is 14.3. The number of nitrogens with one attached hydrogen (secondary N) is 1. The summed E-state index contributed by atoms with van der Waals surface area (Å²) < 4.78 is 2.16. The summed E-state index contributed by atoms with van der Waals surface area (Å²) in [7, 11) is 2.05. The van der Waals surface area contributed by atoms with Gasteiger partial charge < -0.3 is 9.88 Å². The van der Waals surface area contributed by atoms with Crippen LogP contribution >= 0.6 is 11.8 Å². The molecule has 1 aliphatic heterocycles. The molecule has 0 unspecified atom stereocenters. The van der Waals surface area contributed by atoms with Gasteiger partial charge in [-0.2, -0.15) is 0 Å². The predicted octanol–water partition coefficient (Wildman–Crippen LogP) is 5.00. The molecule has 136 valence electrons. The molecule has 0 radical (unpaired) electrons. The van der Waals surface area contributed by atoms with Crippen LogP contribution in [-0.4, -0.2) is 15.6 Å². The first-order valence-electron chi connectivity index (χ1n) is 8.85. The van der Waals surface area contributed by atoms with Crippen molar-refractivity contribution in [3.8, 4) is 0 Å². The van der Waals surface area contributed by atoms with Gasteiger partial charge in [0, 0.05) is 29.2 Å². The van der Waals surface area contributed by atoms with E-state index < -0.39 is 0 Å². The van der Waals surface area contributed by atoms with Gasteiger partial charge in [0.15, 0.2) is 5.17 Å². The molecule has 4 rings (SSSR count). The fraction of sp³-hybridized carbons (Fsp3) is 0.182. The molecule has 2 aromatic carbocycles. The van der Waals surface area contributed by atoms with Crippen LogP contribution in [0.25, 0.3) is 17.0 Å². The van der Waals surface area contributed by atoms with Crippen LogP contribution in [0.15, 0.2) is 52.4 Å². The van der Waals surface area contributed by atoms with Crippen molar-refractivity contribution in [2.45, 2.75) is 20.8 Å². The van der Waals surface area contributed by atoms with E-state index in [0.717, 1.165) is 33.4 Å². The molecule has 3 aromatic rings. The Kier molecular flexibility index (Phi) is 4.40. The molecular formula is C22H21N3OS. The largest absolute Gasteiger partial charge is 0.347 e. The first-order valence-corrected chi connectivity index (χ1v) is 9.67. The summed E-state index contributed by atoms with van der Waals surface area (Å²) in [5.41, 5.74) is 6.58. The molecular weight excluding hydrogens is 354 g/mol.